The molecule has 0 fully saturated rings. The summed E-state index contributed by atoms with van der Waals surface area (Å²) < 4.78 is 6.14. The summed E-state index contributed by atoms with van der Waals surface area (Å²) in [7, 11) is -2.17. The maximum absolute atomic E-state index is 11.7. The van der Waals surface area contributed by atoms with Crippen molar-refractivity contribution < 1.29 is 14.3 Å². The van der Waals surface area contributed by atoms with E-state index in [1.165, 1.54) is 0 Å². The normalized spacial score (nSPS) is 15.3. The zero-order valence-corrected chi connectivity index (χ0v) is 14.6. The Balaban J connectivity index is 3.12. The lowest BCUT2D eigenvalue weighted by molar-refractivity contribution is -0.146. The molecular formula is C17H26O3Si. The van der Waals surface area contributed by atoms with Crippen molar-refractivity contribution in [1.82, 2.24) is 0 Å². The Morgan fingerprint density at radius 2 is 1.81 bits per heavy atom. The van der Waals surface area contributed by atoms with Crippen LogP contribution in [0.1, 0.15) is 32.3 Å². The van der Waals surface area contributed by atoms with Gasteiger partial charge in [0.15, 0.2) is 14.4 Å². The van der Waals surface area contributed by atoms with Gasteiger partial charge in [-0.2, -0.15) is 0 Å². The summed E-state index contributed by atoms with van der Waals surface area (Å²) in [6.45, 7) is 14.2. The van der Waals surface area contributed by atoms with Gasteiger partial charge in [-0.25, -0.2) is 4.79 Å². The van der Waals surface area contributed by atoms with E-state index in [1.807, 2.05) is 30.3 Å². The molecule has 1 aromatic rings. The van der Waals surface area contributed by atoms with Crippen molar-refractivity contribution in [1.29, 1.82) is 0 Å². The standard InChI is InChI=1S/C17H26O3Si/c1-7-14(13-11-9-8-10-12-13)15(16(18)19)20-21(5,6)17(2,3)4/h7-12,14-15H,1H2,2-6H3,(H,18,19)/t14-,15-/m0/s1. The van der Waals surface area contributed by atoms with Crippen LogP contribution in [-0.2, 0) is 9.22 Å². The van der Waals surface area contributed by atoms with Gasteiger partial charge in [-0.1, -0.05) is 57.2 Å². The summed E-state index contributed by atoms with van der Waals surface area (Å²) in [6, 6.07) is 9.54. The molecule has 0 radical (unpaired) electrons. The number of carbonyl (C=O) groups is 1. The van der Waals surface area contributed by atoms with Gasteiger partial charge in [-0.15, -0.1) is 6.58 Å². The van der Waals surface area contributed by atoms with E-state index in [0.29, 0.717) is 0 Å². The molecule has 2 atom stereocenters. The molecule has 0 amide bonds. The molecule has 0 spiro atoms. The van der Waals surface area contributed by atoms with Crippen LogP contribution in [-0.4, -0.2) is 25.5 Å². The number of rotatable bonds is 6. The Kier molecular flexibility index (Phi) is 5.53. The maximum Gasteiger partial charge on any atom is 0.332 e. The molecule has 0 saturated heterocycles. The van der Waals surface area contributed by atoms with Gasteiger partial charge in [0.05, 0.1) is 0 Å². The lowest BCUT2D eigenvalue weighted by Gasteiger charge is -2.39. The highest BCUT2D eigenvalue weighted by molar-refractivity contribution is 6.74. The second kappa shape index (κ2) is 6.58. The highest BCUT2D eigenvalue weighted by Crippen LogP contribution is 2.39. The molecule has 116 valence electrons. The molecule has 1 aromatic carbocycles. The third kappa shape index (κ3) is 4.28. The summed E-state index contributed by atoms with van der Waals surface area (Å²) in [6.07, 6.45) is 0.771. The quantitative estimate of drug-likeness (QED) is 0.624. The summed E-state index contributed by atoms with van der Waals surface area (Å²) in [4.78, 5) is 11.7. The van der Waals surface area contributed by atoms with Gasteiger partial charge >= 0.3 is 5.97 Å². The summed E-state index contributed by atoms with van der Waals surface area (Å²) in [5, 5.41) is 9.58. The fraction of sp³-hybridized carbons (Fsp3) is 0.471. The Hall–Kier alpha value is -1.39. The molecule has 0 aromatic heterocycles. The van der Waals surface area contributed by atoms with Crippen molar-refractivity contribution in [2.45, 2.75) is 50.9 Å². The Morgan fingerprint density at radius 3 is 2.19 bits per heavy atom. The van der Waals surface area contributed by atoms with Crippen LogP contribution in [0.2, 0.25) is 18.1 Å². The highest BCUT2D eigenvalue weighted by atomic mass is 28.4. The highest BCUT2D eigenvalue weighted by Gasteiger charge is 2.42. The van der Waals surface area contributed by atoms with Crippen LogP contribution in [0.4, 0.5) is 0 Å². The van der Waals surface area contributed by atoms with Crippen LogP contribution in [0.5, 0.6) is 0 Å². The van der Waals surface area contributed by atoms with Gasteiger partial charge in [-0.05, 0) is 23.7 Å². The first-order valence-electron chi connectivity index (χ1n) is 7.18. The van der Waals surface area contributed by atoms with Crippen LogP contribution in [0, 0.1) is 0 Å². The van der Waals surface area contributed by atoms with E-state index in [0.717, 1.165) is 5.56 Å². The Labute approximate surface area is 128 Å². The second-order valence-electron chi connectivity index (χ2n) is 6.81. The summed E-state index contributed by atoms with van der Waals surface area (Å²) >= 11 is 0. The Morgan fingerprint density at radius 1 is 1.29 bits per heavy atom. The zero-order chi connectivity index (χ0) is 16.3. The SMILES string of the molecule is C=C[C@@H](c1ccccc1)[C@H](O[Si](C)(C)C(C)(C)C)C(=O)O. The van der Waals surface area contributed by atoms with Gasteiger partial charge in [0.2, 0.25) is 0 Å². The molecule has 0 unspecified atom stereocenters. The predicted molar refractivity (Wildman–Crippen MR) is 89.1 cm³/mol. The van der Waals surface area contributed by atoms with Gasteiger partial charge in [0, 0.05) is 5.92 Å². The maximum atomic E-state index is 11.7. The molecule has 0 bridgehead atoms. The lowest BCUT2D eigenvalue weighted by Crippen LogP contribution is -2.47. The first kappa shape index (κ1) is 17.7. The molecule has 3 nitrogen and oxygen atoms in total. The van der Waals surface area contributed by atoms with Crippen LogP contribution >= 0.6 is 0 Å². The summed E-state index contributed by atoms with van der Waals surface area (Å²) in [5.41, 5.74) is 0.915. The van der Waals surface area contributed by atoms with E-state index >= 15 is 0 Å². The smallest absolute Gasteiger partial charge is 0.332 e. The first-order chi connectivity index (χ1) is 9.60. The van der Waals surface area contributed by atoms with Gasteiger partial charge < -0.3 is 9.53 Å². The number of benzene rings is 1. The number of carboxylic acid groups (broad SMARTS) is 1. The monoisotopic (exact) mass is 306 g/mol. The molecular weight excluding hydrogens is 280 g/mol. The van der Waals surface area contributed by atoms with E-state index < -0.39 is 20.4 Å². The second-order valence-corrected chi connectivity index (χ2v) is 11.6. The average Bonchev–Trinajstić information content (AvgIpc) is 2.38. The van der Waals surface area contributed by atoms with E-state index in [9.17, 15) is 9.90 Å². The fourth-order valence-corrected chi connectivity index (χ4v) is 3.12. The van der Waals surface area contributed by atoms with Crippen LogP contribution < -0.4 is 0 Å². The van der Waals surface area contributed by atoms with E-state index in [4.69, 9.17) is 4.43 Å². The minimum Gasteiger partial charge on any atom is -0.479 e. The molecule has 4 heteroatoms. The number of hydrogen-bond donors (Lipinski definition) is 1. The van der Waals surface area contributed by atoms with Gasteiger partial charge in [-0.3, -0.25) is 0 Å². The van der Waals surface area contributed by atoms with Crippen LogP contribution in [0.15, 0.2) is 43.0 Å². The lowest BCUT2D eigenvalue weighted by atomic mass is 9.93. The largest absolute Gasteiger partial charge is 0.479 e. The molecule has 0 aliphatic rings. The number of aliphatic carboxylic acids is 1. The van der Waals surface area contributed by atoms with Crippen molar-refractivity contribution in [2.75, 3.05) is 0 Å². The topological polar surface area (TPSA) is 46.5 Å². The summed E-state index contributed by atoms with van der Waals surface area (Å²) in [5.74, 6) is -1.29. The number of hydrogen-bond acceptors (Lipinski definition) is 2. The third-order valence-corrected chi connectivity index (χ3v) is 8.69. The predicted octanol–water partition coefficient (Wildman–Crippen LogP) is 4.43. The van der Waals surface area contributed by atoms with E-state index in [1.54, 1.807) is 6.08 Å². The van der Waals surface area contributed by atoms with E-state index in [2.05, 4.69) is 40.4 Å². The van der Waals surface area contributed by atoms with E-state index in [-0.39, 0.29) is 11.0 Å². The molecule has 0 heterocycles. The minimum atomic E-state index is -2.17. The fourth-order valence-electron chi connectivity index (χ4n) is 1.88. The average molecular weight is 306 g/mol. The number of carboxylic acids is 1. The van der Waals surface area contributed by atoms with Crippen LogP contribution in [0.25, 0.3) is 0 Å². The molecule has 0 aliphatic heterocycles. The minimum absolute atomic E-state index is 0.0386. The van der Waals surface area contributed by atoms with Crippen LogP contribution in [0.3, 0.4) is 0 Å². The van der Waals surface area contributed by atoms with Crippen molar-refractivity contribution >= 4 is 14.3 Å². The molecule has 21 heavy (non-hydrogen) atoms. The first-order valence-corrected chi connectivity index (χ1v) is 10.1. The molecule has 0 saturated carbocycles. The van der Waals surface area contributed by atoms with Crippen molar-refractivity contribution in [3.63, 3.8) is 0 Å². The van der Waals surface area contributed by atoms with Gasteiger partial charge in [0.1, 0.15) is 0 Å². The van der Waals surface area contributed by atoms with Gasteiger partial charge in [0.25, 0.3) is 0 Å². The zero-order valence-electron chi connectivity index (χ0n) is 13.6. The molecule has 1 rings (SSSR count). The van der Waals surface area contributed by atoms with Crippen molar-refractivity contribution in [3.8, 4) is 0 Å². The Bertz CT molecular complexity index is 489. The molecule has 1 N–H and O–H groups in total. The third-order valence-electron chi connectivity index (χ3n) is 4.24. The molecule has 0 aliphatic carbocycles. The van der Waals surface area contributed by atoms with Crippen molar-refractivity contribution in [3.05, 3.63) is 48.6 Å². The van der Waals surface area contributed by atoms with Crippen molar-refractivity contribution in [2.24, 2.45) is 0 Å².